The van der Waals surface area contributed by atoms with E-state index in [2.05, 4.69) is 51.2 Å². The van der Waals surface area contributed by atoms with Crippen LogP contribution in [0.5, 0.6) is 0 Å². The van der Waals surface area contributed by atoms with E-state index in [0.29, 0.717) is 16.5 Å². The summed E-state index contributed by atoms with van der Waals surface area (Å²) in [5.74, 6) is 7.88. The van der Waals surface area contributed by atoms with E-state index in [0.717, 1.165) is 64.0 Å². The molecule has 10 heteroatoms. The van der Waals surface area contributed by atoms with Gasteiger partial charge in [0.05, 0.1) is 17.0 Å². The second-order valence-electron chi connectivity index (χ2n) is 10.5. The summed E-state index contributed by atoms with van der Waals surface area (Å²) in [7, 11) is 2.11. The Bertz CT molecular complexity index is 1670. The lowest BCUT2D eigenvalue weighted by Crippen LogP contribution is -2.43. The molecule has 1 aromatic carbocycles. The van der Waals surface area contributed by atoms with Crippen LogP contribution in [0.4, 0.5) is 0 Å². The number of rotatable bonds is 4. The summed E-state index contributed by atoms with van der Waals surface area (Å²) in [6, 6.07) is 13.0. The Kier molecular flexibility index (Phi) is 7.71. The number of hydrogen-bond donors (Lipinski definition) is 1. The predicted octanol–water partition coefficient (Wildman–Crippen LogP) is 4.89. The number of thiophene rings is 1. The van der Waals surface area contributed by atoms with Crippen molar-refractivity contribution in [3.63, 3.8) is 0 Å². The van der Waals surface area contributed by atoms with E-state index in [1.54, 1.807) is 17.5 Å². The van der Waals surface area contributed by atoms with Gasteiger partial charge < -0.3 is 10.2 Å². The van der Waals surface area contributed by atoms with E-state index in [1.165, 1.54) is 0 Å². The molecule has 0 aliphatic carbocycles. The van der Waals surface area contributed by atoms with Gasteiger partial charge in [-0.05, 0) is 88.5 Å². The molecule has 0 radical (unpaired) electrons. The first-order chi connectivity index (χ1) is 19.9. The minimum atomic E-state index is -0.504. The first kappa shape index (κ1) is 27.3. The molecular weight excluding hydrogens is 554 g/mol. The van der Waals surface area contributed by atoms with Crippen molar-refractivity contribution in [3.8, 4) is 16.8 Å². The predicted molar refractivity (Wildman–Crippen MR) is 162 cm³/mol. The Balaban J connectivity index is 1.43. The first-order valence-corrected chi connectivity index (χ1v) is 14.9. The number of aromatic nitrogens is 4. The van der Waals surface area contributed by atoms with Crippen LogP contribution in [0.15, 0.2) is 53.7 Å². The Morgan fingerprint density at radius 1 is 1.10 bits per heavy atom. The van der Waals surface area contributed by atoms with Gasteiger partial charge in [-0.1, -0.05) is 29.8 Å². The van der Waals surface area contributed by atoms with E-state index in [9.17, 15) is 4.79 Å². The number of hydrogen-bond acceptors (Lipinski definition) is 7. The second kappa shape index (κ2) is 11.6. The van der Waals surface area contributed by atoms with Gasteiger partial charge in [0.1, 0.15) is 22.6 Å². The number of carbonyl (C=O) groups is 1. The molecule has 0 unspecified atom stereocenters. The van der Waals surface area contributed by atoms with Crippen molar-refractivity contribution in [3.05, 3.63) is 92.6 Å². The van der Waals surface area contributed by atoms with Crippen LogP contribution in [0.1, 0.15) is 64.2 Å². The smallest absolute Gasteiger partial charge is 0.222 e. The summed E-state index contributed by atoms with van der Waals surface area (Å²) >= 11 is 7.83. The standard InChI is InChI=1S/C31H30ClN7OS/c1-19-26(12-11-23-6-4-5-15-33-23)41-31-28(19)29(21-7-9-22(32)10-8-21)35-25(30-37-36-20(2)39(30)31)18-27(40)34-24-13-16-38(3)17-14-24/h4-10,15,24-25H,13-14,16-18H2,1-3H3,(H,34,40)/t25-/m0/s1. The maximum absolute atomic E-state index is 13.3. The number of carbonyl (C=O) groups excluding carboxylic acids is 1. The molecule has 1 N–H and O–H groups in total. The Morgan fingerprint density at radius 3 is 2.61 bits per heavy atom. The fourth-order valence-corrected chi connectivity index (χ4v) is 6.66. The average molecular weight is 584 g/mol. The zero-order valence-corrected chi connectivity index (χ0v) is 24.8. The summed E-state index contributed by atoms with van der Waals surface area (Å²) in [5, 5.41) is 13.8. The summed E-state index contributed by atoms with van der Waals surface area (Å²) < 4.78 is 2.04. The molecule has 0 bridgehead atoms. The van der Waals surface area contributed by atoms with Crippen LogP contribution >= 0.6 is 22.9 Å². The zero-order chi connectivity index (χ0) is 28.5. The maximum atomic E-state index is 13.3. The molecule has 3 aromatic heterocycles. The lowest BCUT2D eigenvalue weighted by Gasteiger charge is -2.29. The number of nitrogens with one attached hydrogen (secondary N) is 1. The molecule has 6 rings (SSSR count). The van der Waals surface area contributed by atoms with Crippen molar-refractivity contribution in [2.45, 2.75) is 45.2 Å². The number of fused-ring (bicyclic) bond motifs is 3. The molecule has 2 aliphatic heterocycles. The Hall–Kier alpha value is -3.84. The Labute approximate surface area is 248 Å². The van der Waals surface area contributed by atoms with Crippen molar-refractivity contribution in [2.75, 3.05) is 20.1 Å². The van der Waals surface area contributed by atoms with Crippen LogP contribution in [-0.2, 0) is 4.79 Å². The topological polar surface area (TPSA) is 88.3 Å². The highest BCUT2D eigenvalue weighted by atomic mass is 35.5. The summed E-state index contributed by atoms with van der Waals surface area (Å²) in [4.78, 5) is 26.1. The SMILES string of the molecule is Cc1c(C#Cc2ccccn2)sc2c1C(c1ccc(Cl)cc1)=N[C@@H](CC(=O)NC1CCN(C)CC1)c1nnc(C)n1-2. The molecule has 41 heavy (non-hydrogen) atoms. The number of halogens is 1. The number of nitrogens with zero attached hydrogens (tertiary/aromatic N) is 6. The number of likely N-dealkylation sites (tertiary alicyclic amines) is 1. The third kappa shape index (κ3) is 5.68. The van der Waals surface area contributed by atoms with Crippen molar-refractivity contribution in [2.24, 2.45) is 4.99 Å². The van der Waals surface area contributed by atoms with Gasteiger partial charge >= 0.3 is 0 Å². The lowest BCUT2D eigenvalue weighted by atomic mass is 9.99. The molecular formula is C31H30ClN7OS. The fourth-order valence-electron chi connectivity index (χ4n) is 5.31. The monoisotopic (exact) mass is 583 g/mol. The third-order valence-corrected chi connectivity index (χ3v) is 8.99. The normalized spacial score (nSPS) is 17.1. The van der Waals surface area contributed by atoms with Gasteiger partial charge in [-0.3, -0.25) is 14.4 Å². The Morgan fingerprint density at radius 2 is 1.88 bits per heavy atom. The van der Waals surface area contributed by atoms with Gasteiger partial charge in [-0.25, -0.2) is 4.98 Å². The second-order valence-corrected chi connectivity index (χ2v) is 11.9. The van der Waals surface area contributed by atoms with E-state index in [4.69, 9.17) is 16.6 Å². The molecule has 4 aromatic rings. The van der Waals surface area contributed by atoms with Gasteiger partial charge in [0.15, 0.2) is 5.82 Å². The maximum Gasteiger partial charge on any atom is 0.222 e. The van der Waals surface area contributed by atoms with Crippen LogP contribution < -0.4 is 5.32 Å². The molecule has 1 amide bonds. The number of amides is 1. The van der Waals surface area contributed by atoms with Crippen LogP contribution in [0.3, 0.4) is 0 Å². The fraction of sp³-hybridized carbons (Fsp3) is 0.323. The molecule has 208 valence electrons. The van der Waals surface area contributed by atoms with Crippen molar-refractivity contribution in [1.29, 1.82) is 0 Å². The van der Waals surface area contributed by atoms with Gasteiger partial charge in [0.2, 0.25) is 5.91 Å². The van der Waals surface area contributed by atoms with Crippen molar-refractivity contribution in [1.82, 2.24) is 30.0 Å². The van der Waals surface area contributed by atoms with Crippen LogP contribution in [-0.4, -0.2) is 62.4 Å². The molecule has 1 atom stereocenters. The number of piperidine rings is 1. The minimum absolute atomic E-state index is 0.0279. The van der Waals surface area contributed by atoms with Crippen molar-refractivity contribution < 1.29 is 4.79 Å². The highest BCUT2D eigenvalue weighted by Crippen LogP contribution is 2.39. The van der Waals surface area contributed by atoms with E-state index in [1.807, 2.05) is 54.0 Å². The quantitative estimate of drug-likeness (QED) is 0.346. The van der Waals surface area contributed by atoms with E-state index < -0.39 is 6.04 Å². The van der Waals surface area contributed by atoms with E-state index >= 15 is 0 Å². The molecule has 1 saturated heterocycles. The summed E-state index contributed by atoms with van der Waals surface area (Å²) in [6.45, 7) is 5.95. The average Bonchev–Trinajstić information content (AvgIpc) is 3.47. The molecule has 0 spiro atoms. The van der Waals surface area contributed by atoms with Gasteiger partial charge in [-0.2, -0.15) is 0 Å². The molecule has 5 heterocycles. The highest BCUT2D eigenvalue weighted by molar-refractivity contribution is 7.15. The summed E-state index contributed by atoms with van der Waals surface area (Å²) in [5.41, 5.74) is 4.39. The van der Waals surface area contributed by atoms with Gasteiger partial charge in [0, 0.05) is 28.4 Å². The third-order valence-electron chi connectivity index (χ3n) is 7.55. The minimum Gasteiger partial charge on any atom is -0.353 e. The largest absolute Gasteiger partial charge is 0.353 e. The molecule has 1 fully saturated rings. The summed E-state index contributed by atoms with van der Waals surface area (Å²) in [6.07, 6.45) is 3.81. The van der Waals surface area contributed by atoms with Crippen LogP contribution in [0.25, 0.3) is 5.00 Å². The first-order valence-electron chi connectivity index (χ1n) is 13.7. The lowest BCUT2D eigenvalue weighted by molar-refractivity contribution is -0.122. The van der Waals surface area contributed by atoms with Crippen LogP contribution in [0, 0.1) is 25.7 Å². The molecule has 0 saturated carbocycles. The zero-order valence-electron chi connectivity index (χ0n) is 23.2. The number of aryl methyl sites for hydroxylation is 1. The van der Waals surface area contributed by atoms with Gasteiger partial charge in [0.25, 0.3) is 0 Å². The highest BCUT2D eigenvalue weighted by Gasteiger charge is 2.33. The molecule has 8 nitrogen and oxygen atoms in total. The number of benzene rings is 1. The van der Waals surface area contributed by atoms with Crippen LogP contribution in [0.2, 0.25) is 5.02 Å². The number of pyridine rings is 1. The molecule has 2 aliphatic rings. The van der Waals surface area contributed by atoms with E-state index in [-0.39, 0.29) is 18.4 Å². The van der Waals surface area contributed by atoms with Gasteiger partial charge in [-0.15, -0.1) is 21.5 Å². The number of aliphatic imine (C=N–C) groups is 1. The van der Waals surface area contributed by atoms with Crippen molar-refractivity contribution >= 4 is 34.6 Å².